The topological polar surface area (TPSA) is 148 Å². The fraction of sp³-hybridized carbons (Fsp3) is 0.407. The van der Waals surface area contributed by atoms with E-state index >= 15 is 0 Å². The molecule has 3 heterocycles. The van der Waals surface area contributed by atoms with E-state index in [0.29, 0.717) is 24.0 Å². The number of furan rings is 1. The lowest BCUT2D eigenvalue weighted by Crippen LogP contribution is -2.53. The van der Waals surface area contributed by atoms with Crippen LogP contribution in [0.1, 0.15) is 38.7 Å². The number of carbonyl (C=O) groups is 3. The minimum Gasteiger partial charge on any atom is -0.425 e. The summed E-state index contributed by atoms with van der Waals surface area (Å²) < 4.78 is 38.0. The fourth-order valence-corrected chi connectivity index (χ4v) is 5.84. The zero-order valence-electron chi connectivity index (χ0n) is 22.0. The Morgan fingerprint density at radius 1 is 1.18 bits per heavy atom. The summed E-state index contributed by atoms with van der Waals surface area (Å²) in [6.07, 6.45) is 1.42. The van der Waals surface area contributed by atoms with Crippen molar-refractivity contribution in [2.75, 3.05) is 13.1 Å². The fourth-order valence-electron chi connectivity index (χ4n) is 4.47. The molecule has 1 unspecified atom stereocenters. The minimum atomic E-state index is -3.96. The molecule has 1 saturated heterocycles. The van der Waals surface area contributed by atoms with Crippen molar-refractivity contribution in [2.45, 2.75) is 57.1 Å². The monoisotopic (exact) mass is 556 g/mol. The second kappa shape index (κ2) is 12.0. The summed E-state index contributed by atoms with van der Waals surface area (Å²) in [5.74, 6) is -0.922. The van der Waals surface area contributed by atoms with E-state index in [4.69, 9.17) is 9.15 Å². The van der Waals surface area contributed by atoms with E-state index in [1.54, 1.807) is 31.2 Å². The van der Waals surface area contributed by atoms with Gasteiger partial charge in [-0.05, 0) is 50.3 Å². The van der Waals surface area contributed by atoms with Crippen molar-refractivity contribution >= 4 is 38.8 Å². The summed E-state index contributed by atoms with van der Waals surface area (Å²) in [6, 6.07) is 9.92. The summed E-state index contributed by atoms with van der Waals surface area (Å²) in [4.78, 5) is 42.8. The average molecular weight is 557 g/mol. The number of carbonyl (C=O) groups excluding carboxylic acids is 3. The van der Waals surface area contributed by atoms with Gasteiger partial charge in [0.1, 0.15) is 11.6 Å². The summed E-state index contributed by atoms with van der Waals surface area (Å²) in [5, 5.41) is 5.96. The number of rotatable bonds is 8. The Balaban J connectivity index is 1.41. The maximum atomic E-state index is 13.2. The van der Waals surface area contributed by atoms with Gasteiger partial charge in [0.25, 0.3) is 16.0 Å². The van der Waals surface area contributed by atoms with E-state index in [-0.39, 0.29) is 36.4 Å². The van der Waals surface area contributed by atoms with Gasteiger partial charge in [-0.25, -0.2) is 18.2 Å². The molecule has 208 valence electrons. The predicted octanol–water partition coefficient (Wildman–Crippen LogP) is 3.18. The number of nitrogens with one attached hydrogen (secondary N) is 2. The van der Waals surface area contributed by atoms with Crippen LogP contribution in [0.2, 0.25) is 0 Å². The molecule has 2 aromatic heterocycles. The van der Waals surface area contributed by atoms with Gasteiger partial charge >= 0.3 is 6.09 Å². The van der Waals surface area contributed by atoms with Crippen LogP contribution >= 0.6 is 0 Å². The summed E-state index contributed by atoms with van der Waals surface area (Å²) in [6.45, 7) is 5.29. The molecule has 0 radical (unpaired) electrons. The largest absolute Gasteiger partial charge is 0.425 e. The van der Waals surface area contributed by atoms with Gasteiger partial charge in [-0.1, -0.05) is 38.1 Å². The molecule has 12 heteroatoms. The normalized spacial score (nSPS) is 17.5. The summed E-state index contributed by atoms with van der Waals surface area (Å²) in [7, 11) is -3.96. The maximum Gasteiger partial charge on any atom is 0.415 e. The number of benzene rings is 1. The van der Waals surface area contributed by atoms with Crippen molar-refractivity contribution in [3.8, 4) is 5.95 Å². The lowest BCUT2D eigenvalue weighted by atomic mass is 10.0. The van der Waals surface area contributed by atoms with Gasteiger partial charge in [-0.15, -0.1) is 0 Å². The molecule has 2 N–H and O–H groups in total. The number of fused-ring (bicyclic) bond motifs is 1. The Bertz CT molecular complexity index is 1450. The number of nitrogens with zero attached hydrogens (tertiary/aromatic N) is 2. The zero-order chi connectivity index (χ0) is 28.2. The number of hydrogen-bond acceptors (Lipinski definition) is 8. The van der Waals surface area contributed by atoms with Crippen LogP contribution in [-0.2, 0) is 19.6 Å². The number of hydrogen-bond donors (Lipinski definition) is 2. The molecule has 2 amide bonds. The molecule has 11 nitrogen and oxygen atoms in total. The molecule has 3 aromatic rings. The van der Waals surface area contributed by atoms with Gasteiger partial charge in [0.2, 0.25) is 5.91 Å². The SMILES string of the molecule is Cc1c(OC(=O)NC(CC(C)C)C(=O)N[C@H]2CCCN(S(=O)(=O)c3ccccn3)CC2=O)oc2ccccc12. The molecule has 2 atom stereocenters. The van der Waals surface area contributed by atoms with Gasteiger partial charge in [0.15, 0.2) is 10.8 Å². The number of amides is 2. The van der Waals surface area contributed by atoms with Gasteiger partial charge in [-0.3, -0.25) is 9.59 Å². The highest BCUT2D eigenvalue weighted by Gasteiger charge is 2.35. The highest BCUT2D eigenvalue weighted by atomic mass is 32.2. The highest BCUT2D eigenvalue weighted by molar-refractivity contribution is 7.89. The van der Waals surface area contributed by atoms with Crippen molar-refractivity contribution in [2.24, 2.45) is 5.92 Å². The Morgan fingerprint density at radius 2 is 1.92 bits per heavy atom. The molecule has 1 aliphatic heterocycles. The highest BCUT2D eigenvalue weighted by Crippen LogP contribution is 2.30. The predicted molar refractivity (Wildman–Crippen MR) is 143 cm³/mol. The first kappa shape index (κ1) is 28.2. The first-order valence-corrected chi connectivity index (χ1v) is 14.2. The molecule has 4 rings (SSSR count). The van der Waals surface area contributed by atoms with Crippen molar-refractivity contribution in [3.05, 3.63) is 54.2 Å². The average Bonchev–Trinajstić information content (AvgIpc) is 3.08. The van der Waals surface area contributed by atoms with Crippen LogP contribution in [0, 0.1) is 12.8 Å². The van der Waals surface area contributed by atoms with Gasteiger partial charge in [-0.2, -0.15) is 4.31 Å². The summed E-state index contributed by atoms with van der Waals surface area (Å²) >= 11 is 0. The van der Waals surface area contributed by atoms with E-state index in [1.165, 1.54) is 12.3 Å². The number of ether oxygens (including phenoxy) is 1. The maximum absolute atomic E-state index is 13.2. The van der Waals surface area contributed by atoms with E-state index in [0.717, 1.165) is 9.69 Å². The zero-order valence-corrected chi connectivity index (χ0v) is 22.9. The number of aromatic nitrogens is 1. The molecule has 1 fully saturated rings. The third kappa shape index (κ3) is 6.63. The van der Waals surface area contributed by atoms with Crippen LogP contribution < -0.4 is 15.4 Å². The van der Waals surface area contributed by atoms with E-state index < -0.39 is 39.9 Å². The van der Waals surface area contributed by atoms with Crippen LogP contribution in [0.4, 0.5) is 4.79 Å². The lowest BCUT2D eigenvalue weighted by Gasteiger charge is -2.23. The van der Waals surface area contributed by atoms with E-state index in [9.17, 15) is 22.8 Å². The first-order chi connectivity index (χ1) is 18.6. The Hall–Kier alpha value is -3.77. The Morgan fingerprint density at radius 3 is 2.62 bits per heavy atom. The quantitative estimate of drug-likeness (QED) is 0.430. The molecule has 39 heavy (non-hydrogen) atoms. The second-order valence-electron chi connectivity index (χ2n) is 9.90. The van der Waals surface area contributed by atoms with Crippen LogP contribution in [-0.4, -0.2) is 60.7 Å². The van der Waals surface area contributed by atoms with Crippen molar-refractivity contribution in [1.82, 2.24) is 19.9 Å². The molecule has 0 aliphatic carbocycles. The molecular formula is C27H32N4O7S. The number of pyridine rings is 1. The molecule has 1 aliphatic rings. The van der Waals surface area contributed by atoms with Crippen LogP contribution in [0.3, 0.4) is 0 Å². The van der Waals surface area contributed by atoms with Crippen molar-refractivity contribution in [1.29, 1.82) is 0 Å². The van der Waals surface area contributed by atoms with Crippen molar-refractivity contribution in [3.63, 3.8) is 0 Å². The number of ketones is 1. The first-order valence-electron chi connectivity index (χ1n) is 12.8. The van der Waals surface area contributed by atoms with Crippen molar-refractivity contribution < 1.29 is 32.0 Å². The Kier molecular flexibility index (Phi) is 8.66. The van der Waals surface area contributed by atoms with E-state index in [2.05, 4.69) is 15.6 Å². The lowest BCUT2D eigenvalue weighted by molar-refractivity contribution is -0.129. The van der Waals surface area contributed by atoms with Gasteiger partial charge in [0.05, 0.1) is 12.6 Å². The van der Waals surface area contributed by atoms with Crippen LogP contribution in [0.5, 0.6) is 5.95 Å². The molecular weight excluding hydrogens is 524 g/mol. The third-order valence-electron chi connectivity index (χ3n) is 6.48. The number of para-hydroxylation sites is 1. The third-order valence-corrected chi connectivity index (χ3v) is 8.24. The molecule has 1 aromatic carbocycles. The Labute approximate surface area is 227 Å². The molecule has 0 spiro atoms. The number of aryl methyl sites for hydroxylation is 1. The van der Waals surface area contributed by atoms with Gasteiger partial charge < -0.3 is 19.8 Å². The number of sulfonamides is 1. The summed E-state index contributed by atoms with van der Waals surface area (Å²) in [5.41, 5.74) is 1.22. The van der Waals surface area contributed by atoms with Crippen LogP contribution in [0.25, 0.3) is 11.0 Å². The van der Waals surface area contributed by atoms with Gasteiger partial charge in [0, 0.05) is 23.7 Å². The smallest absolute Gasteiger partial charge is 0.415 e. The second-order valence-corrected chi connectivity index (χ2v) is 11.8. The van der Waals surface area contributed by atoms with E-state index in [1.807, 2.05) is 26.0 Å². The molecule has 0 saturated carbocycles. The number of Topliss-reactive ketones (excluding diaryl/α,β-unsaturated/α-hetero) is 1. The van der Waals surface area contributed by atoms with Crippen LogP contribution in [0.15, 0.2) is 58.1 Å². The molecule has 0 bridgehead atoms. The standard InChI is InChI=1S/C27H32N4O7S/c1-17(2)15-21(30-27(34)38-26-18(3)19-9-4-5-11-23(19)37-26)25(33)29-20-10-8-14-31(16-22(20)32)39(35,36)24-12-6-7-13-28-24/h4-7,9,11-13,17,20-21H,8,10,14-16H2,1-3H3,(H,29,33)(H,30,34)/t20-,21?/m0/s1. The minimum absolute atomic E-state index is 0.0329.